The van der Waals surface area contributed by atoms with Crippen LogP contribution in [0.1, 0.15) is 30.9 Å². The molecule has 1 N–H and O–H groups in total. The maximum absolute atomic E-state index is 12.4. The van der Waals surface area contributed by atoms with E-state index in [0.29, 0.717) is 23.9 Å². The first-order valence-corrected chi connectivity index (χ1v) is 9.22. The SMILES string of the molecule is O=C(Cn1nnc2ccccc2c1=O)NCCc1nnc2n1CCCCC2. The summed E-state index contributed by atoms with van der Waals surface area (Å²) in [5, 5.41) is 19.6. The third kappa shape index (κ3) is 3.71. The lowest BCUT2D eigenvalue weighted by molar-refractivity contribution is -0.121. The second kappa shape index (κ2) is 7.65. The summed E-state index contributed by atoms with van der Waals surface area (Å²) in [6.07, 6.45) is 5.06. The van der Waals surface area contributed by atoms with E-state index < -0.39 is 0 Å². The first-order valence-electron chi connectivity index (χ1n) is 9.22. The molecule has 0 unspecified atom stereocenters. The lowest BCUT2D eigenvalue weighted by Gasteiger charge is -2.08. The molecule has 1 aliphatic heterocycles. The number of rotatable bonds is 5. The summed E-state index contributed by atoms with van der Waals surface area (Å²) >= 11 is 0. The summed E-state index contributed by atoms with van der Waals surface area (Å²) in [6, 6.07) is 6.95. The van der Waals surface area contributed by atoms with Crippen LogP contribution >= 0.6 is 0 Å². The fourth-order valence-corrected chi connectivity index (χ4v) is 3.36. The summed E-state index contributed by atoms with van der Waals surface area (Å²) in [5.74, 6) is 1.65. The molecule has 0 saturated heterocycles. The zero-order valence-corrected chi connectivity index (χ0v) is 15.0. The van der Waals surface area contributed by atoms with Gasteiger partial charge in [-0.1, -0.05) is 23.8 Å². The molecule has 1 aliphatic rings. The van der Waals surface area contributed by atoms with Gasteiger partial charge in [0.25, 0.3) is 5.56 Å². The molecule has 0 fully saturated rings. The van der Waals surface area contributed by atoms with E-state index >= 15 is 0 Å². The molecule has 140 valence electrons. The van der Waals surface area contributed by atoms with Gasteiger partial charge in [-0.15, -0.1) is 15.3 Å². The molecule has 4 rings (SSSR count). The van der Waals surface area contributed by atoms with Crippen molar-refractivity contribution in [1.82, 2.24) is 35.1 Å². The van der Waals surface area contributed by atoms with Gasteiger partial charge in [-0.05, 0) is 25.0 Å². The van der Waals surface area contributed by atoms with E-state index in [2.05, 4.69) is 30.4 Å². The van der Waals surface area contributed by atoms with Crippen molar-refractivity contribution in [2.45, 2.75) is 45.2 Å². The molecule has 27 heavy (non-hydrogen) atoms. The summed E-state index contributed by atoms with van der Waals surface area (Å²) < 4.78 is 3.25. The van der Waals surface area contributed by atoms with Crippen LogP contribution in [0.25, 0.3) is 10.9 Å². The van der Waals surface area contributed by atoms with Gasteiger partial charge in [0.05, 0.1) is 5.39 Å². The van der Waals surface area contributed by atoms with E-state index in [1.54, 1.807) is 24.3 Å². The van der Waals surface area contributed by atoms with Crippen LogP contribution in [0.2, 0.25) is 0 Å². The van der Waals surface area contributed by atoms with Crippen molar-refractivity contribution in [1.29, 1.82) is 0 Å². The van der Waals surface area contributed by atoms with Crippen LogP contribution in [0, 0.1) is 0 Å². The molecule has 3 heterocycles. The highest BCUT2D eigenvalue weighted by atomic mass is 16.2. The predicted octanol–water partition coefficient (Wildman–Crippen LogP) is 0.468. The molecule has 1 amide bonds. The normalized spacial score (nSPS) is 13.9. The van der Waals surface area contributed by atoms with Crippen LogP contribution in [0.5, 0.6) is 0 Å². The summed E-state index contributed by atoms with van der Waals surface area (Å²) in [6.45, 7) is 1.22. The molecule has 0 atom stereocenters. The Morgan fingerprint density at radius 2 is 2.00 bits per heavy atom. The Kier molecular flexibility index (Phi) is 4.91. The Balaban J connectivity index is 1.36. The van der Waals surface area contributed by atoms with Gasteiger partial charge in [0.2, 0.25) is 5.91 Å². The highest BCUT2D eigenvalue weighted by Crippen LogP contribution is 2.14. The monoisotopic (exact) mass is 367 g/mol. The number of benzene rings is 1. The maximum Gasteiger partial charge on any atom is 0.278 e. The number of hydrogen-bond donors (Lipinski definition) is 1. The van der Waals surface area contributed by atoms with Crippen LogP contribution < -0.4 is 10.9 Å². The molecular formula is C18H21N7O2. The zero-order valence-electron chi connectivity index (χ0n) is 15.0. The van der Waals surface area contributed by atoms with E-state index in [4.69, 9.17) is 0 Å². The largest absolute Gasteiger partial charge is 0.354 e. The number of nitrogens with one attached hydrogen (secondary N) is 1. The highest BCUT2D eigenvalue weighted by molar-refractivity contribution is 5.78. The number of carbonyl (C=O) groups is 1. The van der Waals surface area contributed by atoms with Gasteiger partial charge in [0.15, 0.2) is 0 Å². The van der Waals surface area contributed by atoms with Gasteiger partial charge < -0.3 is 9.88 Å². The summed E-state index contributed by atoms with van der Waals surface area (Å²) in [7, 11) is 0. The molecule has 9 nitrogen and oxygen atoms in total. The average Bonchev–Trinajstić information content (AvgIpc) is 2.91. The standard InChI is InChI=1S/C18H21N7O2/c26-17(12-25-18(27)13-6-3-4-7-14(13)20-23-25)19-10-9-16-22-21-15-8-2-1-5-11-24(15)16/h3-4,6-7H,1-2,5,8-12H2,(H,19,26). The number of aryl methyl sites for hydroxylation is 1. The first-order chi connectivity index (χ1) is 13.2. The summed E-state index contributed by atoms with van der Waals surface area (Å²) in [4.78, 5) is 24.6. The van der Waals surface area contributed by atoms with Crippen molar-refractivity contribution < 1.29 is 4.79 Å². The Bertz CT molecular complexity index is 1020. The van der Waals surface area contributed by atoms with Crippen molar-refractivity contribution in [3.05, 3.63) is 46.3 Å². The average molecular weight is 367 g/mol. The third-order valence-electron chi connectivity index (χ3n) is 4.78. The van der Waals surface area contributed by atoms with Gasteiger partial charge in [-0.3, -0.25) is 9.59 Å². The fraction of sp³-hybridized carbons (Fsp3) is 0.444. The van der Waals surface area contributed by atoms with Crippen LogP contribution in [0.15, 0.2) is 29.1 Å². The molecule has 0 saturated carbocycles. The smallest absolute Gasteiger partial charge is 0.278 e. The van der Waals surface area contributed by atoms with Gasteiger partial charge in [0.1, 0.15) is 23.7 Å². The summed E-state index contributed by atoms with van der Waals surface area (Å²) in [5.41, 5.74) is 0.199. The molecule has 0 bridgehead atoms. The molecule has 0 aliphatic carbocycles. The number of aromatic nitrogens is 6. The van der Waals surface area contributed by atoms with Crippen LogP contribution in [0.4, 0.5) is 0 Å². The Morgan fingerprint density at radius 1 is 1.11 bits per heavy atom. The molecule has 9 heteroatoms. The number of hydrogen-bond acceptors (Lipinski definition) is 6. The quantitative estimate of drug-likeness (QED) is 0.702. The lowest BCUT2D eigenvalue weighted by atomic mass is 10.2. The minimum Gasteiger partial charge on any atom is -0.354 e. The third-order valence-corrected chi connectivity index (χ3v) is 4.78. The molecule has 2 aromatic heterocycles. The van der Waals surface area contributed by atoms with E-state index in [0.717, 1.165) is 42.1 Å². The first kappa shape index (κ1) is 17.3. The van der Waals surface area contributed by atoms with Gasteiger partial charge in [0, 0.05) is 25.9 Å². The lowest BCUT2D eigenvalue weighted by Crippen LogP contribution is -2.35. The minimum atomic E-state index is -0.321. The molecular weight excluding hydrogens is 346 g/mol. The second-order valence-electron chi connectivity index (χ2n) is 6.66. The number of amides is 1. The minimum absolute atomic E-state index is 0.158. The van der Waals surface area contributed by atoms with Gasteiger partial charge >= 0.3 is 0 Å². The second-order valence-corrected chi connectivity index (χ2v) is 6.66. The van der Waals surface area contributed by atoms with Crippen LogP contribution in [-0.2, 0) is 30.7 Å². The number of nitrogens with zero attached hydrogens (tertiary/aromatic N) is 6. The van der Waals surface area contributed by atoms with Gasteiger partial charge in [-0.25, -0.2) is 4.68 Å². The van der Waals surface area contributed by atoms with E-state index in [1.807, 2.05) is 0 Å². The molecule has 0 spiro atoms. The molecule has 1 aromatic carbocycles. The topological polar surface area (TPSA) is 108 Å². The number of fused-ring (bicyclic) bond motifs is 2. The van der Waals surface area contributed by atoms with E-state index in [-0.39, 0.29) is 18.0 Å². The van der Waals surface area contributed by atoms with E-state index in [1.165, 1.54) is 6.42 Å². The number of carbonyl (C=O) groups excluding carboxylic acids is 1. The zero-order chi connectivity index (χ0) is 18.6. The van der Waals surface area contributed by atoms with Crippen molar-refractivity contribution >= 4 is 16.8 Å². The van der Waals surface area contributed by atoms with Crippen molar-refractivity contribution in [2.24, 2.45) is 0 Å². The Morgan fingerprint density at radius 3 is 2.93 bits per heavy atom. The van der Waals surface area contributed by atoms with Crippen molar-refractivity contribution in [3.63, 3.8) is 0 Å². The van der Waals surface area contributed by atoms with E-state index in [9.17, 15) is 9.59 Å². The predicted molar refractivity (Wildman–Crippen MR) is 98.1 cm³/mol. The van der Waals surface area contributed by atoms with Crippen molar-refractivity contribution in [3.8, 4) is 0 Å². The van der Waals surface area contributed by atoms with Crippen LogP contribution in [0.3, 0.4) is 0 Å². The maximum atomic E-state index is 12.4. The fourth-order valence-electron chi connectivity index (χ4n) is 3.36. The van der Waals surface area contributed by atoms with Gasteiger partial charge in [-0.2, -0.15) is 0 Å². The molecule has 0 radical (unpaired) electrons. The van der Waals surface area contributed by atoms with Crippen molar-refractivity contribution in [2.75, 3.05) is 6.54 Å². The Labute approximate surface area is 155 Å². The molecule has 3 aromatic rings. The van der Waals surface area contributed by atoms with Crippen LogP contribution in [-0.4, -0.2) is 42.2 Å². The highest BCUT2D eigenvalue weighted by Gasteiger charge is 2.15. The Hall–Kier alpha value is -3.10.